The lowest BCUT2D eigenvalue weighted by molar-refractivity contribution is 0.372. The van der Waals surface area contributed by atoms with Crippen LogP contribution in [0.1, 0.15) is 37.1 Å². The molecule has 0 amide bonds. The smallest absolute Gasteiger partial charge is 0.276 e. The van der Waals surface area contributed by atoms with E-state index in [4.69, 9.17) is 10.3 Å². The summed E-state index contributed by atoms with van der Waals surface area (Å²) in [5.74, 6) is 1.07. The van der Waals surface area contributed by atoms with E-state index in [1.165, 1.54) is 0 Å². The van der Waals surface area contributed by atoms with E-state index in [1.807, 2.05) is 19.1 Å². The van der Waals surface area contributed by atoms with Crippen LogP contribution in [0.4, 0.5) is 0 Å². The molecule has 0 saturated heterocycles. The monoisotopic (exact) mass is 280 g/mol. The van der Waals surface area contributed by atoms with Crippen molar-refractivity contribution in [1.82, 2.24) is 15.1 Å². The lowest BCUT2D eigenvalue weighted by atomic mass is 9.99. The number of nitrogens with zero attached hydrogens (tertiary/aromatic N) is 3. The van der Waals surface area contributed by atoms with Gasteiger partial charge in [-0.25, -0.2) is 0 Å². The Balaban J connectivity index is 0.00000133. The first-order chi connectivity index (χ1) is 8.69. The zero-order valence-corrected chi connectivity index (χ0v) is 11.6. The lowest BCUT2D eigenvalue weighted by Gasteiger charge is -2.17. The minimum Gasteiger partial charge on any atom is -0.332 e. The fraction of sp³-hybridized carbons (Fsp3) is 0.462. The fourth-order valence-corrected chi connectivity index (χ4v) is 2.46. The van der Waals surface area contributed by atoms with E-state index in [9.17, 15) is 0 Å². The molecule has 2 aromatic rings. The molecule has 1 aliphatic carbocycles. The third-order valence-electron chi connectivity index (χ3n) is 3.58. The van der Waals surface area contributed by atoms with Crippen LogP contribution in [-0.2, 0) is 5.54 Å². The molecule has 0 atom stereocenters. The summed E-state index contributed by atoms with van der Waals surface area (Å²) in [7, 11) is 0. The number of hydrogen-bond donors (Lipinski definition) is 1. The molecule has 0 spiro atoms. The third kappa shape index (κ3) is 2.48. The van der Waals surface area contributed by atoms with Crippen LogP contribution in [0.2, 0.25) is 0 Å². The van der Waals surface area contributed by atoms with E-state index < -0.39 is 5.54 Å². The van der Waals surface area contributed by atoms with Gasteiger partial charge in [-0.15, -0.1) is 12.4 Å². The van der Waals surface area contributed by atoms with Crippen molar-refractivity contribution in [2.24, 2.45) is 5.73 Å². The largest absolute Gasteiger partial charge is 0.332 e. The second kappa shape index (κ2) is 5.27. The topological polar surface area (TPSA) is 77.8 Å². The Bertz CT molecular complexity index is 563. The van der Waals surface area contributed by atoms with E-state index >= 15 is 0 Å². The summed E-state index contributed by atoms with van der Waals surface area (Å²) in [6, 6.07) is 3.86. The summed E-state index contributed by atoms with van der Waals surface area (Å²) >= 11 is 0. The molecule has 2 N–H and O–H groups in total. The van der Waals surface area contributed by atoms with Crippen molar-refractivity contribution < 1.29 is 4.52 Å². The van der Waals surface area contributed by atoms with Crippen LogP contribution >= 0.6 is 12.4 Å². The number of hydrogen-bond acceptors (Lipinski definition) is 5. The van der Waals surface area contributed by atoms with Gasteiger partial charge in [0.2, 0.25) is 0 Å². The summed E-state index contributed by atoms with van der Waals surface area (Å²) in [6.45, 7) is 1.97. The molecule has 19 heavy (non-hydrogen) atoms. The van der Waals surface area contributed by atoms with E-state index in [0.717, 1.165) is 36.9 Å². The Morgan fingerprint density at radius 3 is 2.74 bits per heavy atom. The molecule has 2 aromatic heterocycles. The first-order valence-electron chi connectivity index (χ1n) is 6.24. The Labute approximate surface area is 118 Å². The van der Waals surface area contributed by atoms with Gasteiger partial charge in [0.15, 0.2) is 5.82 Å². The molecule has 102 valence electrons. The van der Waals surface area contributed by atoms with E-state index in [-0.39, 0.29) is 12.4 Å². The van der Waals surface area contributed by atoms with Crippen molar-refractivity contribution in [3.63, 3.8) is 0 Å². The maximum absolute atomic E-state index is 6.30. The highest BCUT2D eigenvalue weighted by atomic mass is 35.5. The average molecular weight is 281 g/mol. The molecule has 1 saturated carbocycles. The van der Waals surface area contributed by atoms with Crippen LogP contribution in [0, 0.1) is 6.92 Å². The lowest BCUT2D eigenvalue weighted by Crippen LogP contribution is -2.34. The van der Waals surface area contributed by atoms with Crippen LogP contribution in [0.25, 0.3) is 11.6 Å². The number of halogens is 1. The number of aryl methyl sites for hydroxylation is 1. The predicted molar refractivity (Wildman–Crippen MR) is 73.8 cm³/mol. The number of aromatic nitrogens is 3. The first kappa shape index (κ1) is 14.0. The number of pyridine rings is 1. The van der Waals surface area contributed by atoms with Crippen LogP contribution in [0.5, 0.6) is 0 Å². The molecular formula is C13H17ClN4O. The van der Waals surface area contributed by atoms with Gasteiger partial charge in [0.1, 0.15) is 5.69 Å². The van der Waals surface area contributed by atoms with E-state index in [1.54, 1.807) is 6.20 Å². The van der Waals surface area contributed by atoms with Gasteiger partial charge >= 0.3 is 0 Å². The Hall–Kier alpha value is -1.46. The molecule has 0 unspecified atom stereocenters. The molecule has 3 rings (SSSR count). The van der Waals surface area contributed by atoms with E-state index in [2.05, 4.69) is 15.1 Å². The second-order valence-electron chi connectivity index (χ2n) is 4.96. The Morgan fingerprint density at radius 1 is 1.32 bits per heavy atom. The van der Waals surface area contributed by atoms with Crippen LogP contribution in [0.15, 0.2) is 22.9 Å². The number of rotatable bonds is 2. The molecule has 0 aliphatic heterocycles. The maximum Gasteiger partial charge on any atom is 0.276 e. The van der Waals surface area contributed by atoms with Crippen molar-refractivity contribution in [3.05, 3.63) is 29.7 Å². The zero-order chi connectivity index (χ0) is 12.6. The van der Waals surface area contributed by atoms with Crippen molar-refractivity contribution in [1.29, 1.82) is 0 Å². The van der Waals surface area contributed by atoms with Gasteiger partial charge in [-0.3, -0.25) is 4.98 Å². The van der Waals surface area contributed by atoms with Crippen molar-refractivity contribution in [2.45, 2.75) is 38.1 Å². The minimum absolute atomic E-state index is 0. The van der Waals surface area contributed by atoms with Crippen molar-refractivity contribution >= 4 is 12.4 Å². The summed E-state index contributed by atoms with van der Waals surface area (Å²) in [5, 5.41) is 4.04. The highest BCUT2D eigenvalue weighted by Crippen LogP contribution is 2.35. The summed E-state index contributed by atoms with van der Waals surface area (Å²) in [4.78, 5) is 8.70. The number of nitrogens with two attached hydrogens (primary N) is 1. The SMILES string of the molecule is Cc1cccnc1-c1nc(C2(N)CCCC2)no1.Cl. The average Bonchev–Trinajstić information content (AvgIpc) is 2.99. The normalized spacial score (nSPS) is 17.2. The van der Waals surface area contributed by atoms with Gasteiger partial charge in [0, 0.05) is 6.20 Å². The molecule has 0 bridgehead atoms. The third-order valence-corrected chi connectivity index (χ3v) is 3.58. The maximum atomic E-state index is 6.30. The molecule has 2 heterocycles. The molecule has 5 nitrogen and oxygen atoms in total. The van der Waals surface area contributed by atoms with Crippen molar-refractivity contribution in [3.8, 4) is 11.6 Å². The van der Waals surface area contributed by atoms with Gasteiger partial charge in [0.05, 0.1) is 5.54 Å². The van der Waals surface area contributed by atoms with E-state index in [0.29, 0.717) is 11.7 Å². The highest BCUT2D eigenvalue weighted by molar-refractivity contribution is 5.85. The standard InChI is InChI=1S/C13H16N4O.ClH/c1-9-5-4-8-15-10(9)11-16-12(17-18-11)13(14)6-2-3-7-13;/h4-5,8H,2-3,6-7,14H2,1H3;1H. The van der Waals surface area contributed by atoms with Gasteiger partial charge in [0.25, 0.3) is 5.89 Å². The first-order valence-corrected chi connectivity index (χ1v) is 6.24. The minimum atomic E-state index is -0.412. The second-order valence-corrected chi connectivity index (χ2v) is 4.96. The molecule has 6 heteroatoms. The van der Waals surface area contributed by atoms with Gasteiger partial charge < -0.3 is 10.3 Å². The Kier molecular flexibility index (Phi) is 3.87. The van der Waals surface area contributed by atoms with Gasteiger partial charge in [-0.05, 0) is 31.4 Å². The van der Waals surface area contributed by atoms with Gasteiger partial charge in [-0.1, -0.05) is 24.1 Å². The van der Waals surface area contributed by atoms with Crippen molar-refractivity contribution in [2.75, 3.05) is 0 Å². The summed E-state index contributed by atoms with van der Waals surface area (Å²) in [6.07, 6.45) is 5.83. The quantitative estimate of drug-likeness (QED) is 0.915. The van der Waals surface area contributed by atoms with Crippen LogP contribution < -0.4 is 5.73 Å². The summed E-state index contributed by atoms with van der Waals surface area (Å²) < 4.78 is 5.31. The molecule has 1 fully saturated rings. The van der Waals surface area contributed by atoms with Crippen LogP contribution in [0.3, 0.4) is 0 Å². The molecule has 1 aliphatic rings. The summed E-state index contributed by atoms with van der Waals surface area (Å²) in [5.41, 5.74) is 7.64. The highest BCUT2D eigenvalue weighted by Gasteiger charge is 2.36. The predicted octanol–water partition coefficient (Wildman–Crippen LogP) is 2.59. The zero-order valence-electron chi connectivity index (χ0n) is 10.8. The Morgan fingerprint density at radius 2 is 2.05 bits per heavy atom. The fourth-order valence-electron chi connectivity index (χ4n) is 2.46. The molecule has 0 radical (unpaired) electrons. The molecule has 0 aromatic carbocycles. The van der Waals surface area contributed by atoms with Gasteiger partial charge in [-0.2, -0.15) is 4.98 Å². The van der Waals surface area contributed by atoms with Crippen LogP contribution in [-0.4, -0.2) is 15.1 Å². The molecular weight excluding hydrogens is 264 g/mol.